The summed E-state index contributed by atoms with van der Waals surface area (Å²) >= 11 is 0. The molecule has 3 heterocycles. The summed E-state index contributed by atoms with van der Waals surface area (Å²) in [6.45, 7) is 3.65. The first-order valence-corrected chi connectivity index (χ1v) is 12.7. The summed E-state index contributed by atoms with van der Waals surface area (Å²) in [6.07, 6.45) is 8.59. The van der Waals surface area contributed by atoms with Crippen molar-refractivity contribution in [3.05, 3.63) is 11.8 Å². The quantitative estimate of drug-likeness (QED) is 0.721. The molecule has 3 aliphatic rings. The second-order valence-electron chi connectivity index (χ2n) is 8.58. The molecule has 1 aromatic rings. The molecule has 1 aliphatic carbocycles. The number of nitrogens with zero attached hydrogens (tertiary/aromatic N) is 4. The van der Waals surface area contributed by atoms with E-state index in [0.29, 0.717) is 24.2 Å². The minimum absolute atomic E-state index is 0.0813. The number of aromatic nitrogens is 2. The molecular weight excluding hydrogens is 392 g/mol. The smallest absolute Gasteiger partial charge is 0.234 e. The predicted octanol–water partition coefficient (Wildman–Crippen LogP) is 2.84. The summed E-state index contributed by atoms with van der Waals surface area (Å²) in [5.41, 5.74) is 0. The van der Waals surface area contributed by atoms with Gasteiger partial charge in [0.1, 0.15) is 6.04 Å². The van der Waals surface area contributed by atoms with Gasteiger partial charge in [0.05, 0.1) is 5.75 Å². The highest BCUT2D eigenvalue weighted by Gasteiger charge is 2.37. The number of carbonyl (C=O) groups is 1. The molecular formula is C20H32N4O4S. The highest BCUT2D eigenvalue weighted by Crippen LogP contribution is 2.35. The maximum atomic E-state index is 12.6. The topological polar surface area (TPSA) is 96.6 Å². The molecule has 3 fully saturated rings. The zero-order valence-corrected chi connectivity index (χ0v) is 18.1. The molecule has 9 heteroatoms. The van der Waals surface area contributed by atoms with E-state index in [1.54, 1.807) is 6.92 Å². The molecule has 0 aromatic carbocycles. The van der Waals surface area contributed by atoms with E-state index in [1.165, 1.54) is 17.1 Å². The molecule has 1 amide bonds. The molecule has 0 radical (unpaired) electrons. The highest BCUT2D eigenvalue weighted by atomic mass is 32.2. The van der Waals surface area contributed by atoms with E-state index in [0.717, 1.165) is 58.0 Å². The summed E-state index contributed by atoms with van der Waals surface area (Å²) in [4.78, 5) is 14.6. The third kappa shape index (κ3) is 4.35. The number of hydrogen-bond acceptors (Lipinski definition) is 6. The van der Waals surface area contributed by atoms with Gasteiger partial charge in [0.2, 0.25) is 27.7 Å². The van der Waals surface area contributed by atoms with Crippen LogP contribution in [-0.4, -0.2) is 59.1 Å². The Morgan fingerprint density at radius 3 is 2.31 bits per heavy atom. The van der Waals surface area contributed by atoms with E-state index in [1.807, 2.05) is 4.90 Å². The number of piperidine rings is 2. The van der Waals surface area contributed by atoms with Crippen LogP contribution >= 0.6 is 0 Å². The summed E-state index contributed by atoms with van der Waals surface area (Å²) in [7, 11) is -3.30. The molecule has 29 heavy (non-hydrogen) atoms. The Morgan fingerprint density at radius 2 is 1.62 bits per heavy atom. The van der Waals surface area contributed by atoms with Crippen LogP contribution in [0.3, 0.4) is 0 Å². The van der Waals surface area contributed by atoms with Crippen molar-refractivity contribution < 1.29 is 17.6 Å². The van der Waals surface area contributed by atoms with Gasteiger partial charge in [0.15, 0.2) is 0 Å². The Morgan fingerprint density at radius 1 is 0.966 bits per heavy atom. The van der Waals surface area contributed by atoms with Crippen molar-refractivity contribution in [3.8, 4) is 0 Å². The van der Waals surface area contributed by atoms with Crippen molar-refractivity contribution in [2.24, 2.45) is 5.92 Å². The Hall–Kier alpha value is -1.48. The Balaban J connectivity index is 1.40. The lowest BCUT2D eigenvalue weighted by Gasteiger charge is -2.33. The third-order valence-electron chi connectivity index (χ3n) is 6.78. The SMILES string of the molecule is CCS(=O)(=O)N1CCCC[C@@H]1c1nnc(C2CCN(C(=O)C3CCCC3)CC2)o1. The zero-order chi connectivity index (χ0) is 20.4. The zero-order valence-electron chi connectivity index (χ0n) is 17.3. The molecule has 1 aromatic heterocycles. The standard InChI is InChI=1S/C20H32N4O4S/c1-2-29(26,27)24-12-6-5-9-17(24)19-22-21-18(28-19)15-10-13-23(14-11-15)20(25)16-7-3-4-8-16/h15-17H,2-14H2,1H3/t17-/m1/s1. The van der Waals surface area contributed by atoms with Crippen LogP contribution in [0.1, 0.15) is 88.5 Å². The van der Waals surface area contributed by atoms with Gasteiger partial charge in [-0.25, -0.2) is 8.42 Å². The number of rotatable bonds is 5. The molecule has 1 saturated carbocycles. The average Bonchev–Trinajstić information content (AvgIpc) is 3.46. The van der Waals surface area contributed by atoms with Gasteiger partial charge in [0, 0.05) is 31.5 Å². The Kier molecular flexibility index (Phi) is 6.24. The Labute approximate surface area is 173 Å². The van der Waals surface area contributed by atoms with Crippen LogP contribution in [-0.2, 0) is 14.8 Å². The van der Waals surface area contributed by atoms with Crippen LogP contribution < -0.4 is 0 Å². The van der Waals surface area contributed by atoms with Gasteiger partial charge in [-0.15, -0.1) is 10.2 Å². The fourth-order valence-electron chi connectivity index (χ4n) is 4.97. The maximum Gasteiger partial charge on any atom is 0.234 e. The van der Waals surface area contributed by atoms with Gasteiger partial charge in [-0.2, -0.15) is 4.31 Å². The number of amides is 1. The molecule has 1 atom stereocenters. The van der Waals surface area contributed by atoms with Gasteiger partial charge in [-0.05, 0) is 45.4 Å². The average molecular weight is 425 g/mol. The second-order valence-corrected chi connectivity index (χ2v) is 10.8. The number of likely N-dealkylation sites (tertiary alicyclic amines) is 1. The molecule has 4 rings (SSSR count). The third-order valence-corrected chi connectivity index (χ3v) is 8.66. The number of hydrogen-bond donors (Lipinski definition) is 0. The van der Waals surface area contributed by atoms with Gasteiger partial charge >= 0.3 is 0 Å². The molecule has 0 N–H and O–H groups in total. The van der Waals surface area contributed by atoms with E-state index in [-0.39, 0.29) is 23.6 Å². The lowest BCUT2D eigenvalue weighted by molar-refractivity contribution is -0.136. The first-order chi connectivity index (χ1) is 14.0. The van der Waals surface area contributed by atoms with Crippen molar-refractivity contribution in [2.75, 3.05) is 25.4 Å². The van der Waals surface area contributed by atoms with Crippen molar-refractivity contribution in [3.63, 3.8) is 0 Å². The molecule has 0 bridgehead atoms. The summed E-state index contributed by atoms with van der Waals surface area (Å²) in [5, 5.41) is 8.49. The van der Waals surface area contributed by atoms with E-state index < -0.39 is 10.0 Å². The van der Waals surface area contributed by atoms with E-state index >= 15 is 0 Å². The van der Waals surface area contributed by atoms with Crippen LogP contribution in [0.5, 0.6) is 0 Å². The van der Waals surface area contributed by atoms with Crippen molar-refractivity contribution in [1.29, 1.82) is 0 Å². The first kappa shape index (κ1) is 20.8. The number of sulfonamides is 1. The largest absolute Gasteiger partial charge is 0.423 e. The van der Waals surface area contributed by atoms with Gasteiger partial charge in [0.25, 0.3) is 0 Å². The maximum absolute atomic E-state index is 12.6. The molecule has 8 nitrogen and oxygen atoms in total. The van der Waals surface area contributed by atoms with Crippen LogP contribution in [0.15, 0.2) is 4.42 Å². The normalized spacial score (nSPS) is 25.6. The highest BCUT2D eigenvalue weighted by molar-refractivity contribution is 7.89. The van der Waals surface area contributed by atoms with E-state index in [9.17, 15) is 13.2 Å². The van der Waals surface area contributed by atoms with E-state index in [2.05, 4.69) is 10.2 Å². The van der Waals surface area contributed by atoms with Crippen LogP contribution in [0.2, 0.25) is 0 Å². The van der Waals surface area contributed by atoms with Crippen LogP contribution in [0.4, 0.5) is 0 Å². The van der Waals surface area contributed by atoms with Gasteiger partial charge < -0.3 is 9.32 Å². The molecule has 2 saturated heterocycles. The summed E-state index contributed by atoms with van der Waals surface area (Å²) < 4.78 is 32.4. The van der Waals surface area contributed by atoms with Crippen molar-refractivity contribution in [2.45, 2.75) is 76.7 Å². The summed E-state index contributed by atoms with van der Waals surface area (Å²) in [5.74, 6) is 1.77. The van der Waals surface area contributed by atoms with Crippen molar-refractivity contribution in [1.82, 2.24) is 19.4 Å². The van der Waals surface area contributed by atoms with Crippen LogP contribution in [0.25, 0.3) is 0 Å². The lowest BCUT2D eigenvalue weighted by Crippen LogP contribution is -2.40. The Bertz CT molecular complexity index is 810. The lowest BCUT2D eigenvalue weighted by atomic mass is 9.95. The minimum Gasteiger partial charge on any atom is -0.423 e. The van der Waals surface area contributed by atoms with E-state index in [4.69, 9.17) is 4.42 Å². The second kappa shape index (κ2) is 8.71. The fraction of sp³-hybridized carbons (Fsp3) is 0.850. The predicted molar refractivity (Wildman–Crippen MR) is 108 cm³/mol. The van der Waals surface area contributed by atoms with Gasteiger partial charge in [-0.1, -0.05) is 19.3 Å². The molecule has 162 valence electrons. The monoisotopic (exact) mass is 424 g/mol. The molecule has 0 spiro atoms. The molecule has 0 unspecified atom stereocenters. The van der Waals surface area contributed by atoms with Crippen molar-refractivity contribution >= 4 is 15.9 Å². The van der Waals surface area contributed by atoms with Crippen LogP contribution in [0, 0.1) is 5.92 Å². The van der Waals surface area contributed by atoms with Gasteiger partial charge in [-0.3, -0.25) is 4.79 Å². The first-order valence-electron chi connectivity index (χ1n) is 11.1. The number of carbonyl (C=O) groups excluding carboxylic acids is 1. The molecule has 2 aliphatic heterocycles. The summed E-state index contributed by atoms with van der Waals surface area (Å²) in [6, 6.07) is -0.348. The minimum atomic E-state index is -3.30. The fourth-order valence-corrected chi connectivity index (χ4v) is 6.30.